The van der Waals surface area contributed by atoms with Crippen LogP contribution >= 0.6 is 12.4 Å². The molecule has 152 valence electrons. The molecule has 0 spiro atoms. The van der Waals surface area contributed by atoms with E-state index in [1.807, 2.05) is 45.0 Å². The highest BCUT2D eigenvalue weighted by Crippen LogP contribution is 2.22. The molecule has 0 radical (unpaired) electrons. The van der Waals surface area contributed by atoms with Crippen LogP contribution in [0.15, 0.2) is 30.5 Å². The molecule has 28 heavy (non-hydrogen) atoms. The maximum absolute atomic E-state index is 12.6. The number of carbonyl (C=O) groups excluding carboxylic acids is 2. The number of benzene rings is 1. The number of hydrogen-bond donors (Lipinski definition) is 2. The number of nitrogens with one attached hydrogen (secondary N) is 1. The van der Waals surface area contributed by atoms with Crippen molar-refractivity contribution in [2.24, 2.45) is 0 Å². The number of ether oxygens (including phenoxy) is 1. The minimum atomic E-state index is -0.581. The summed E-state index contributed by atoms with van der Waals surface area (Å²) in [4.78, 5) is 30.6. The van der Waals surface area contributed by atoms with E-state index in [4.69, 9.17) is 10.5 Å². The minimum absolute atomic E-state index is 0. The van der Waals surface area contributed by atoms with Gasteiger partial charge in [0.05, 0.1) is 0 Å². The van der Waals surface area contributed by atoms with Crippen LogP contribution in [0, 0.1) is 0 Å². The highest BCUT2D eigenvalue weighted by atomic mass is 35.5. The van der Waals surface area contributed by atoms with Crippen molar-refractivity contribution in [3.05, 3.63) is 36.0 Å². The summed E-state index contributed by atoms with van der Waals surface area (Å²) in [5, 5.41) is 4.80. The fraction of sp³-hybridized carbons (Fsp3) is 0.450. The minimum Gasteiger partial charge on any atom is -0.444 e. The topological polar surface area (TPSA) is 97.5 Å². The van der Waals surface area contributed by atoms with Gasteiger partial charge in [-0.25, -0.2) is 9.78 Å². The van der Waals surface area contributed by atoms with Crippen molar-refractivity contribution in [1.29, 1.82) is 0 Å². The Hall–Kier alpha value is -2.54. The predicted molar refractivity (Wildman–Crippen MR) is 111 cm³/mol. The fourth-order valence-corrected chi connectivity index (χ4v) is 3.25. The van der Waals surface area contributed by atoms with Gasteiger partial charge in [0.25, 0.3) is 0 Å². The van der Waals surface area contributed by atoms with Crippen LogP contribution in [0.3, 0.4) is 0 Å². The van der Waals surface area contributed by atoms with E-state index in [9.17, 15) is 9.59 Å². The Morgan fingerprint density at radius 3 is 2.79 bits per heavy atom. The lowest BCUT2D eigenvalue weighted by molar-refractivity contribution is -0.125. The van der Waals surface area contributed by atoms with Gasteiger partial charge in [-0.05, 0) is 56.7 Å². The van der Waals surface area contributed by atoms with E-state index < -0.39 is 17.7 Å². The molecule has 0 saturated carbocycles. The van der Waals surface area contributed by atoms with E-state index in [0.717, 1.165) is 22.8 Å². The molecule has 1 fully saturated rings. The number of likely N-dealkylation sites (tertiary alicyclic amines) is 1. The van der Waals surface area contributed by atoms with E-state index in [1.165, 1.54) is 4.90 Å². The molecule has 8 heteroatoms. The number of nitrogen functional groups attached to an aromatic ring is 1. The number of halogens is 1. The Morgan fingerprint density at radius 1 is 1.32 bits per heavy atom. The smallest absolute Gasteiger partial charge is 0.410 e. The fourth-order valence-electron chi connectivity index (χ4n) is 3.25. The van der Waals surface area contributed by atoms with Crippen LogP contribution in [-0.2, 0) is 16.1 Å². The Balaban J connectivity index is 0.00000280. The van der Waals surface area contributed by atoms with Gasteiger partial charge in [0.1, 0.15) is 17.5 Å². The highest BCUT2D eigenvalue weighted by Gasteiger charge is 2.36. The van der Waals surface area contributed by atoms with Gasteiger partial charge in [0.2, 0.25) is 5.91 Å². The zero-order valence-electron chi connectivity index (χ0n) is 16.4. The Bertz CT molecular complexity index is 866. The first-order valence-corrected chi connectivity index (χ1v) is 9.15. The van der Waals surface area contributed by atoms with Gasteiger partial charge in [-0.3, -0.25) is 9.69 Å². The van der Waals surface area contributed by atoms with Crippen molar-refractivity contribution in [3.8, 4) is 0 Å². The number of fused-ring (bicyclic) bond motifs is 1. The number of hydrogen-bond acceptors (Lipinski definition) is 5. The summed E-state index contributed by atoms with van der Waals surface area (Å²) in [7, 11) is 0. The molecule has 0 aliphatic carbocycles. The molecule has 3 rings (SSSR count). The Kier molecular flexibility index (Phi) is 6.72. The molecule has 1 atom stereocenters. The van der Waals surface area contributed by atoms with E-state index in [2.05, 4.69) is 10.3 Å². The average molecular weight is 407 g/mol. The van der Waals surface area contributed by atoms with Crippen LogP contribution in [0.2, 0.25) is 0 Å². The van der Waals surface area contributed by atoms with Crippen molar-refractivity contribution in [2.45, 2.75) is 51.8 Å². The lowest BCUT2D eigenvalue weighted by Crippen LogP contribution is -2.47. The third-order valence-corrected chi connectivity index (χ3v) is 4.51. The molecule has 1 aromatic heterocycles. The van der Waals surface area contributed by atoms with Gasteiger partial charge in [-0.1, -0.05) is 12.1 Å². The number of pyridine rings is 1. The molecule has 0 bridgehead atoms. The van der Waals surface area contributed by atoms with Crippen molar-refractivity contribution in [1.82, 2.24) is 15.2 Å². The number of carbonyl (C=O) groups is 2. The first-order chi connectivity index (χ1) is 12.7. The van der Waals surface area contributed by atoms with Crippen LogP contribution in [-0.4, -0.2) is 40.1 Å². The third kappa shape index (κ3) is 5.04. The van der Waals surface area contributed by atoms with Crippen molar-refractivity contribution in [2.75, 3.05) is 12.3 Å². The van der Waals surface area contributed by atoms with Crippen LogP contribution in [0.4, 0.5) is 10.6 Å². The van der Waals surface area contributed by atoms with Crippen molar-refractivity contribution < 1.29 is 14.3 Å². The van der Waals surface area contributed by atoms with E-state index in [0.29, 0.717) is 25.3 Å². The largest absolute Gasteiger partial charge is 0.444 e. The third-order valence-electron chi connectivity index (χ3n) is 4.51. The summed E-state index contributed by atoms with van der Waals surface area (Å²) in [5.41, 5.74) is 6.25. The monoisotopic (exact) mass is 406 g/mol. The molecule has 0 unspecified atom stereocenters. The average Bonchev–Trinajstić information content (AvgIpc) is 3.08. The maximum Gasteiger partial charge on any atom is 0.410 e. The second-order valence-corrected chi connectivity index (χ2v) is 7.80. The van der Waals surface area contributed by atoms with E-state index in [-0.39, 0.29) is 18.3 Å². The number of anilines is 1. The molecule has 1 aliphatic rings. The lowest BCUT2D eigenvalue weighted by atomic mass is 10.1. The summed E-state index contributed by atoms with van der Waals surface area (Å²) in [6, 6.07) is 7.20. The molecule has 1 saturated heterocycles. The number of aromatic nitrogens is 1. The van der Waals surface area contributed by atoms with Crippen LogP contribution in [0.25, 0.3) is 10.8 Å². The zero-order chi connectivity index (χ0) is 19.6. The van der Waals surface area contributed by atoms with Crippen LogP contribution in [0.5, 0.6) is 0 Å². The second kappa shape index (κ2) is 8.65. The second-order valence-electron chi connectivity index (χ2n) is 7.80. The number of rotatable bonds is 3. The summed E-state index contributed by atoms with van der Waals surface area (Å²) >= 11 is 0. The molecule has 2 heterocycles. The molecule has 1 aliphatic heterocycles. The number of amides is 2. The van der Waals surface area contributed by atoms with Gasteiger partial charge in [-0.15, -0.1) is 12.4 Å². The molecule has 2 amide bonds. The first-order valence-electron chi connectivity index (χ1n) is 9.15. The maximum atomic E-state index is 12.6. The Labute approximate surface area is 171 Å². The SMILES string of the molecule is CC(C)(C)OC(=O)N1CCC[C@H]1C(=O)NCc1ccc2c(N)nccc2c1.Cl. The predicted octanol–water partition coefficient (Wildman–Crippen LogP) is 3.25. The standard InChI is InChI=1S/C20H26N4O3.ClH/c1-20(2,3)27-19(26)24-10-4-5-16(24)18(25)23-12-13-6-7-15-14(11-13)8-9-22-17(15)21;/h6-9,11,16H,4-5,10,12H2,1-3H3,(H2,21,22)(H,23,25);1H/t16-;/m0./s1. The highest BCUT2D eigenvalue weighted by molar-refractivity contribution is 5.91. The summed E-state index contributed by atoms with van der Waals surface area (Å²) in [5.74, 6) is 0.328. The number of nitrogens with zero attached hydrogens (tertiary/aromatic N) is 2. The molecular weight excluding hydrogens is 380 g/mol. The quantitative estimate of drug-likeness (QED) is 0.815. The van der Waals surface area contributed by atoms with Crippen LogP contribution < -0.4 is 11.1 Å². The van der Waals surface area contributed by atoms with Crippen LogP contribution in [0.1, 0.15) is 39.2 Å². The summed E-state index contributed by atoms with van der Waals surface area (Å²) < 4.78 is 5.41. The summed E-state index contributed by atoms with van der Waals surface area (Å²) in [6.45, 7) is 6.37. The number of nitrogens with two attached hydrogens (primary N) is 1. The summed E-state index contributed by atoms with van der Waals surface area (Å²) in [6.07, 6.45) is 2.66. The molecule has 7 nitrogen and oxygen atoms in total. The normalized spacial score (nSPS) is 16.5. The van der Waals surface area contributed by atoms with E-state index >= 15 is 0 Å². The lowest BCUT2D eigenvalue weighted by Gasteiger charge is -2.28. The van der Waals surface area contributed by atoms with Gasteiger partial charge in [-0.2, -0.15) is 0 Å². The van der Waals surface area contributed by atoms with Gasteiger partial charge < -0.3 is 15.8 Å². The van der Waals surface area contributed by atoms with Crippen molar-refractivity contribution in [3.63, 3.8) is 0 Å². The molecule has 3 N–H and O–H groups in total. The van der Waals surface area contributed by atoms with Gasteiger partial charge in [0.15, 0.2) is 0 Å². The molecular formula is C20H27ClN4O3. The van der Waals surface area contributed by atoms with Gasteiger partial charge >= 0.3 is 6.09 Å². The Morgan fingerprint density at radius 2 is 2.07 bits per heavy atom. The van der Waals surface area contributed by atoms with Crippen molar-refractivity contribution >= 4 is 41.0 Å². The van der Waals surface area contributed by atoms with E-state index in [1.54, 1.807) is 6.20 Å². The van der Waals surface area contributed by atoms with Gasteiger partial charge in [0, 0.05) is 24.7 Å². The zero-order valence-corrected chi connectivity index (χ0v) is 17.2. The first kappa shape index (κ1) is 21.8. The molecule has 2 aromatic rings. The molecule has 1 aromatic carbocycles.